The molecule has 19 heavy (non-hydrogen) atoms. The fourth-order valence-electron chi connectivity index (χ4n) is 2.21. The lowest BCUT2D eigenvalue weighted by Gasteiger charge is -2.21. The van der Waals surface area contributed by atoms with Gasteiger partial charge in [-0.25, -0.2) is 0 Å². The molecule has 1 aromatic rings. The Hall–Kier alpha value is -0.840. The van der Waals surface area contributed by atoms with E-state index in [-0.39, 0.29) is 5.54 Å². The highest BCUT2D eigenvalue weighted by molar-refractivity contribution is 5.17. The number of nitrogens with zero attached hydrogens (tertiary/aromatic N) is 1. The van der Waals surface area contributed by atoms with E-state index in [0.29, 0.717) is 0 Å². The van der Waals surface area contributed by atoms with Gasteiger partial charge in [0.2, 0.25) is 0 Å². The molecule has 1 aromatic heterocycles. The molecule has 0 bridgehead atoms. The van der Waals surface area contributed by atoms with Crippen LogP contribution in [0.2, 0.25) is 0 Å². The fraction of sp³-hybridized carbons (Fsp3) is 0.733. The molecule has 0 saturated carbocycles. The lowest BCUT2D eigenvalue weighted by atomic mass is 10.1. The summed E-state index contributed by atoms with van der Waals surface area (Å²) in [5, 5.41) is 3.48. The van der Waals surface area contributed by atoms with Crippen LogP contribution in [0, 0.1) is 0 Å². The summed E-state index contributed by atoms with van der Waals surface area (Å²) in [7, 11) is 0. The molecule has 1 aliphatic heterocycles. The van der Waals surface area contributed by atoms with Crippen LogP contribution in [0.25, 0.3) is 0 Å². The number of hydrogen-bond donors (Lipinski definition) is 1. The molecule has 0 spiro atoms. The summed E-state index contributed by atoms with van der Waals surface area (Å²) in [6.07, 6.45) is 2.91. The van der Waals surface area contributed by atoms with E-state index in [0.717, 1.165) is 51.6 Å². The summed E-state index contributed by atoms with van der Waals surface area (Å²) in [4.78, 5) is 2.44. The Labute approximate surface area is 116 Å². The highest BCUT2D eigenvalue weighted by Gasteiger charge is 2.15. The maximum atomic E-state index is 5.61. The average molecular weight is 266 g/mol. The van der Waals surface area contributed by atoms with Gasteiger partial charge in [-0.3, -0.25) is 4.90 Å². The first-order valence-corrected chi connectivity index (χ1v) is 7.15. The van der Waals surface area contributed by atoms with Gasteiger partial charge in [0.25, 0.3) is 0 Å². The number of furan rings is 1. The van der Waals surface area contributed by atoms with E-state index in [1.165, 1.54) is 5.56 Å². The average Bonchev–Trinajstić information content (AvgIpc) is 2.60. The third kappa shape index (κ3) is 4.97. The first-order chi connectivity index (χ1) is 9.04. The van der Waals surface area contributed by atoms with Gasteiger partial charge >= 0.3 is 0 Å². The zero-order chi connectivity index (χ0) is 13.7. The van der Waals surface area contributed by atoms with E-state index in [4.69, 9.17) is 9.15 Å². The van der Waals surface area contributed by atoms with Crippen LogP contribution in [-0.2, 0) is 17.8 Å². The van der Waals surface area contributed by atoms with Gasteiger partial charge in [-0.15, -0.1) is 0 Å². The number of hydrogen-bond acceptors (Lipinski definition) is 4. The molecule has 1 fully saturated rings. The van der Waals surface area contributed by atoms with Gasteiger partial charge in [-0.2, -0.15) is 0 Å². The van der Waals surface area contributed by atoms with Crippen LogP contribution in [0.5, 0.6) is 0 Å². The summed E-state index contributed by atoms with van der Waals surface area (Å²) in [5.41, 5.74) is 1.40. The molecule has 0 aliphatic carbocycles. The summed E-state index contributed by atoms with van der Waals surface area (Å²) >= 11 is 0. The topological polar surface area (TPSA) is 37.6 Å². The maximum Gasteiger partial charge on any atom is 0.122 e. The molecule has 0 atom stereocenters. The zero-order valence-corrected chi connectivity index (χ0v) is 12.4. The van der Waals surface area contributed by atoms with Crippen LogP contribution >= 0.6 is 0 Å². The molecule has 0 radical (unpaired) electrons. The van der Waals surface area contributed by atoms with Crippen molar-refractivity contribution in [2.45, 2.75) is 45.8 Å². The number of nitrogens with one attached hydrogen (secondary N) is 1. The quantitative estimate of drug-likeness (QED) is 0.908. The second kappa shape index (κ2) is 6.55. The van der Waals surface area contributed by atoms with Gasteiger partial charge in [0, 0.05) is 37.3 Å². The van der Waals surface area contributed by atoms with Crippen LogP contribution in [-0.4, -0.2) is 36.7 Å². The fourth-order valence-corrected chi connectivity index (χ4v) is 2.21. The Morgan fingerprint density at radius 2 is 2.11 bits per heavy atom. The molecule has 0 amide bonds. The Morgan fingerprint density at radius 3 is 2.89 bits per heavy atom. The van der Waals surface area contributed by atoms with Crippen molar-refractivity contribution >= 4 is 0 Å². The second-order valence-corrected chi connectivity index (χ2v) is 6.21. The highest BCUT2D eigenvalue weighted by atomic mass is 16.5. The van der Waals surface area contributed by atoms with E-state index in [1.807, 2.05) is 0 Å². The molecular formula is C15H26N2O2. The van der Waals surface area contributed by atoms with E-state index >= 15 is 0 Å². The molecule has 2 heterocycles. The van der Waals surface area contributed by atoms with Crippen molar-refractivity contribution in [1.29, 1.82) is 0 Å². The standard InChI is InChI=1S/C15H26N2O2/c1-15(2,3)16-11-14-13(5-9-19-14)12-17-6-4-8-18-10-7-17/h5,9,16H,4,6-8,10-12H2,1-3H3. The van der Waals surface area contributed by atoms with Gasteiger partial charge < -0.3 is 14.5 Å². The van der Waals surface area contributed by atoms with Crippen molar-refractivity contribution in [3.8, 4) is 0 Å². The normalized spacial score (nSPS) is 18.5. The monoisotopic (exact) mass is 266 g/mol. The molecular weight excluding hydrogens is 240 g/mol. The minimum absolute atomic E-state index is 0.112. The summed E-state index contributed by atoms with van der Waals surface area (Å²) in [6.45, 7) is 12.1. The van der Waals surface area contributed by atoms with E-state index in [1.54, 1.807) is 6.26 Å². The molecule has 2 rings (SSSR count). The number of ether oxygens (including phenoxy) is 1. The van der Waals surface area contributed by atoms with Gasteiger partial charge in [-0.1, -0.05) is 0 Å². The van der Waals surface area contributed by atoms with Gasteiger partial charge in [-0.05, 0) is 33.3 Å². The molecule has 4 nitrogen and oxygen atoms in total. The lowest BCUT2D eigenvalue weighted by molar-refractivity contribution is 0.140. The predicted molar refractivity (Wildman–Crippen MR) is 76.0 cm³/mol. The van der Waals surface area contributed by atoms with Crippen LogP contribution in [0.3, 0.4) is 0 Å². The molecule has 1 N–H and O–H groups in total. The predicted octanol–water partition coefficient (Wildman–Crippen LogP) is 2.39. The molecule has 1 aliphatic rings. The van der Waals surface area contributed by atoms with Crippen LogP contribution in [0.1, 0.15) is 38.5 Å². The third-order valence-electron chi connectivity index (χ3n) is 3.33. The first kappa shape index (κ1) is 14.6. The summed E-state index contributed by atoms with van der Waals surface area (Å²) in [6, 6.07) is 2.09. The van der Waals surface area contributed by atoms with Crippen molar-refractivity contribution in [3.05, 3.63) is 23.7 Å². The first-order valence-electron chi connectivity index (χ1n) is 7.15. The molecule has 4 heteroatoms. The molecule has 0 unspecified atom stereocenters. The van der Waals surface area contributed by atoms with Crippen LogP contribution < -0.4 is 5.32 Å². The third-order valence-corrected chi connectivity index (χ3v) is 3.33. The highest BCUT2D eigenvalue weighted by Crippen LogP contribution is 2.15. The Morgan fingerprint density at radius 1 is 1.26 bits per heavy atom. The second-order valence-electron chi connectivity index (χ2n) is 6.21. The molecule has 1 saturated heterocycles. The van der Waals surface area contributed by atoms with Crippen molar-refractivity contribution < 1.29 is 9.15 Å². The minimum Gasteiger partial charge on any atom is -0.468 e. The molecule has 108 valence electrons. The van der Waals surface area contributed by atoms with Crippen LogP contribution in [0.15, 0.2) is 16.7 Å². The van der Waals surface area contributed by atoms with Crippen molar-refractivity contribution in [1.82, 2.24) is 10.2 Å². The molecule has 0 aromatic carbocycles. The lowest BCUT2D eigenvalue weighted by Crippen LogP contribution is -2.35. The van der Waals surface area contributed by atoms with Gasteiger partial charge in [0.05, 0.1) is 19.4 Å². The Balaban J connectivity index is 1.91. The van der Waals surface area contributed by atoms with Crippen molar-refractivity contribution in [2.75, 3.05) is 26.3 Å². The van der Waals surface area contributed by atoms with Crippen molar-refractivity contribution in [2.24, 2.45) is 0 Å². The van der Waals surface area contributed by atoms with E-state index in [9.17, 15) is 0 Å². The van der Waals surface area contributed by atoms with Gasteiger partial charge in [0.1, 0.15) is 5.76 Å². The van der Waals surface area contributed by atoms with Crippen LogP contribution in [0.4, 0.5) is 0 Å². The van der Waals surface area contributed by atoms with Gasteiger partial charge in [0.15, 0.2) is 0 Å². The SMILES string of the molecule is CC(C)(C)NCc1occc1CN1CCCOCC1. The number of rotatable bonds is 4. The van der Waals surface area contributed by atoms with E-state index < -0.39 is 0 Å². The smallest absolute Gasteiger partial charge is 0.122 e. The maximum absolute atomic E-state index is 5.61. The minimum atomic E-state index is 0.112. The Kier molecular flexibility index (Phi) is 5.02. The zero-order valence-electron chi connectivity index (χ0n) is 12.4. The largest absolute Gasteiger partial charge is 0.468 e. The summed E-state index contributed by atoms with van der Waals surface area (Å²) in [5.74, 6) is 1.06. The van der Waals surface area contributed by atoms with Crippen molar-refractivity contribution in [3.63, 3.8) is 0 Å². The Bertz CT molecular complexity index is 374. The summed E-state index contributed by atoms with van der Waals surface area (Å²) < 4.78 is 11.1. The van der Waals surface area contributed by atoms with E-state index in [2.05, 4.69) is 37.1 Å².